The van der Waals surface area contributed by atoms with E-state index in [4.69, 9.17) is 0 Å². The minimum atomic E-state index is 0.936. The molecule has 0 amide bonds. The normalized spacial score (nSPS) is 17.3. The Labute approximate surface area is 128 Å². The number of hydrogen-bond acceptors (Lipinski definition) is 0. The van der Waals surface area contributed by atoms with Gasteiger partial charge in [0.15, 0.2) is 0 Å². The van der Waals surface area contributed by atoms with Gasteiger partial charge in [-0.2, -0.15) is 0 Å². The molecule has 0 heteroatoms. The van der Waals surface area contributed by atoms with E-state index < -0.39 is 0 Å². The van der Waals surface area contributed by atoms with Crippen LogP contribution in [0, 0.1) is 5.92 Å². The van der Waals surface area contributed by atoms with Crippen LogP contribution in [0.4, 0.5) is 0 Å². The maximum Gasteiger partial charge on any atom is -0.00669 e. The van der Waals surface area contributed by atoms with Crippen LogP contribution in [0.3, 0.4) is 0 Å². The zero-order valence-corrected chi connectivity index (χ0v) is 13.1. The van der Waals surface area contributed by atoms with E-state index in [1.54, 1.807) is 5.57 Å². The molecule has 1 aliphatic rings. The molecule has 0 saturated heterocycles. The first-order valence-corrected chi connectivity index (χ1v) is 8.47. The average Bonchev–Trinajstić information content (AvgIpc) is 2.55. The Kier molecular flexibility index (Phi) is 4.75. The predicted octanol–water partition coefficient (Wildman–Crippen LogP) is 6.30. The van der Waals surface area contributed by atoms with Gasteiger partial charge in [0.2, 0.25) is 0 Å². The topological polar surface area (TPSA) is 0 Å². The molecule has 0 aromatic heterocycles. The second-order valence-corrected chi connectivity index (χ2v) is 6.51. The molecule has 0 heterocycles. The highest BCUT2D eigenvalue weighted by Gasteiger charge is 2.15. The highest BCUT2D eigenvalue weighted by atomic mass is 14.2. The smallest absolute Gasteiger partial charge is 0.00669 e. The molecule has 1 fully saturated rings. The largest absolute Gasteiger partial charge is 0.0881 e. The van der Waals surface area contributed by atoms with Crippen molar-refractivity contribution in [1.82, 2.24) is 0 Å². The standard InChI is InChI=1S/C21H26/c1-2-17(14-18-8-4-3-5-9-18)15-19-12-13-20-10-6-7-11-21(20)16-19/h2,6-7,10-13,16,18H,3-5,8-9,14-15H2,1H3/b17-2-. The minimum Gasteiger partial charge on any atom is -0.0881 e. The van der Waals surface area contributed by atoms with E-state index in [1.165, 1.54) is 54.9 Å². The summed E-state index contributed by atoms with van der Waals surface area (Å²) < 4.78 is 0. The van der Waals surface area contributed by atoms with Crippen molar-refractivity contribution < 1.29 is 0 Å². The Morgan fingerprint density at radius 1 is 1.00 bits per heavy atom. The van der Waals surface area contributed by atoms with Crippen molar-refractivity contribution in [3.63, 3.8) is 0 Å². The molecule has 0 spiro atoms. The Morgan fingerprint density at radius 3 is 2.52 bits per heavy atom. The van der Waals surface area contributed by atoms with Gasteiger partial charge in [0.1, 0.15) is 0 Å². The summed E-state index contributed by atoms with van der Waals surface area (Å²) in [5.41, 5.74) is 3.08. The molecular weight excluding hydrogens is 252 g/mol. The fourth-order valence-electron chi connectivity index (χ4n) is 3.67. The van der Waals surface area contributed by atoms with Gasteiger partial charge in [-0.25, -0.2) is 0 Å². The molecule has 0 nitrogen and oxygen atoms in total. The highest BCUT2D eigenvalue weighted by molar-refractivity contribution is 5.83. The predicted molar refractivity (Wildman–Crippen MR) is 92.6 cm³/mol. The fraction of sp³-hybridized carbons (Fsp3) is 0.429. The van der Waals surface area contributed by atoms with Gasteiger partial charge in [-0.05, 0) is 42.0 Å². The molecule has 110 valence electrons. The summed E-state index contributed by atoms with van der Waals surface area (Å²) in [6, 6.07) is 15.6. The zero-order chi connectivity index (χ0) is 14.5. The number of fused-ring (bicyclic) bond motifs is 1. The van der Waals surface area contributed by atoms with Gasteiger partial charge in [-0.3, -0.25) is 0 Å². The van der Waals surface area contributed by atoms with E-state index in [0.717, 1.165) is 12.3 Å². The van der Waals surface area contributed by atoms with Crippen molar-refractivity contribution in [2.45, 2.75) is 51.9 Å². The monoisotopic (exact) mass is 278 g/mol. The van der Waals surface area contributed by atoms with Crippen molar-refractivity contribution in [2.24, 2.45) is 5.92 Å². The van der Waals surface area contributed by atoms with Crippen LogP contribution in [0.5, 0.6) is 0 Å². The quantitative estimate of drug-likeness (QED) is 0.576. The van der Waals surface area contributed by atoms with Crippen molar-refractivity contribution in [1.29, 1.82) is 0 Å². The van der Waals surface area contributed by atoms with Crippen LogP contribution in [0.1, 0.15) is 51.0 Å². The first-order valence-electron chi connectivity index (χ1n) is 8.47. The van der Waals surface area contributed by atoms with Crippen LogP contribution < -0.4 is 0 Å². The lowest BCUT2D eigenvalue weighted by Crippen LogP contribution is -2.08. The molecule has 0 unspecified atom stereocenters. The molecule has 2 aromatic carbocycles. The van der Waals surface area contributed by atoms with Crippen molar-refractivity contribution in [3.8, 4) is 0 Å². The molecule has 0 bridgehead atoms. The van der Waals surface area contributed by atoms with E-state index in [-0.39, 0.29) is 0 Å². The van der Waals surface area contributed by atoms with E-state index in [1.807, 2.05) is 0 Å². The summed E-state index contributed by atoms with van der Waals surface area (Å²) in [5.74, 6) is 0.936. The van der Waals surface area contributed by atoms with Gasteiger partial charge in [-0.15, -0.1) is 0 Å². The molecular formula is C21H26. The maximum absolute atomic E-state index is 2.36. The van der Waals surface area contributed by atoms with E-state index in [9.17, 15) is 0 Å². The van der Waals surface area contributed by atoms with Crippen LogP contribution in [-0.4, -0.2) is 0 Å². The second kappa shape index (κ2) is 6.93. The third kappa shape index (κ3) is 3.75. The Bertz CT molecular complexity index is 615. The molecule has 21 heavy (non-hydrogen) atoms. The van der Waals surface area contributed by atoms with Gasteiger partial charge in [0.25, 0.3) is 0 Å². The van der Waals surface area contributed by atoms with E-state index >= 15 is 0 Å². The molecule has 1 saturated carbocycles. The van der Waals surface area contributed by atoms with Crippen molar-refractivity contribution in [3.05, 3.63) is 59.7 Å². The number of hydrogen-bond donors (Lipinski definition) is 0. The lowest BCUT2D eigenvalue weighted by Gasteiger charge is -2.23. The summed E-state index contributed by atoms with van der Waals surface area (Å²) in [6.45, 7) is 2.21. The lowest BCUT2D eigenvalue weighted by atomic mass is 9.83. The summed E-state index contributed by atoms with van der Waals surface area (Å²) in [5, 5.41) is 2.71. The van der Waals surface area contributed by atoms with Gasteiger partial charge in [0, 0.05) is 0 Å². The third-order valence-electron chi connectivity index (χ3n) is 4.93. The van der Waals surface area contributed by atoms with Crippen LogP contribution in [0.15, 0.2) is 54.1 Å². The summed E-state index contributed by atoms with van der Waals surface area (Å²) in [4.78, 5) is 0. The highest BCUT2D eigenvalue weighted by Crippen LogP contribution is 2.30. The Morgan fingerprint density at radius 2 is 1.76 bits per heavy atom. The number of benzene rings is 2. The molecule has 0 atom stereocenters. The average molecular weight is 278 g/mol. The minimum absolute atomic E-state index is 0.936. The molecule has 3 rings (SSSR count). The molecule has 0 aliphatic heterocycles. The van der Waals surface area contributed by atoms with Gasteiger partial charge in [-0.1, -0.05) is 86.2 Å². The van der Waals surface area contributed by atoms with Crippen molar-refractivity contribution in [2.75, 3.05) is 0 Å². The van der Waals surface area contributed by atoms with E-state index in [0.29, 0.717) is 0 Å². The van der Waals surface area contributed by atoms with Crippen LogP contribution in [0.2, 0.25) is 0 Å². The van der Waals surface area contributed by atoms with Gasteiger partial charge >= 0.3 is 0 Å². The first kappa shape index (κ1) is 14.4. The third-order valence-corrected chi connectivity index (χ3v) is 4.93. The second-order valence-electron chi connectivity index (χ2n) is 6.51. The first-order chi connectivity index (χ1) is 10.3. The maximum atomic E-state index is 2.36. The van der Waals surface area contributed by atoms with Crippen LogP contribution >= 0.6 is 0 Å². The van der Waals surface area contributed by atoms with Crippen LogP contribution in [0.25, 0.3) is 10.8 Å². The Balaban J connectivity index is 1.70. The van der Waals surface area contributed by atoms with Gasteiger partial charge in [0.05, 0.1) is 0 Å². The molecule has 1 aliphatic carbocycles. The van der Waals surface area contributed by atoms with Crippen molar-refractivity contribution >= 4 is 10.8 Å². The summed E-state index contributed by atoms with van der Waals surface area (Å²) in [6.07, 6.45) is 12.0. The summed E-state index contributed by atoms with van der Waals surface area (Å²) >= 11 is 0. The summed E-state index contributed by atoms with van der Waals surface area (Å²) in [7, 11) is 0. The molecule has 0 radical (unpaired) electrons. The van der Waals surface area contributed by atoms with E-state index in [2.05, 4.69) is 55.5 Å². The lowest BCUT2D eigenvalue weighted by molar-refractivity contribution is 0.354. The molecule has 2 aromatic rings. The number of rotatable bonds is 4. The fourth-order valence-corrected chi connectivity index (χ4v) is 3.67. The number of allylic oxidation sites excluding steroid dienone is 2. The molecule has 0 N–H and O–H groups in total. The van der Waals surface area contributed by atoms with Gasteiger partial charge < -0.3 is 0 Å². The Hall–Kier alpha value is -1.56. The SMILES string of the molecule is C/C=C(\Cc1ccc2ccccc2c1)CC1CCCCC1. The zero-order valence-electron chi connectivity index (χ0n) is 13.1. The van der Waals surface area contributed by atoms with Crippen LogP contribution in [-0.2, 0) is 6.42 Å².